The smallest absolute Gasteiger partial charge is 0.340 e. The Labute approximate surface area is 154 Å². The van der Waals surface area contributed by atoms with Crippen molar-refractivity contribution in [1.29, 1.82) is 0 Å². The van der Waals surface area contributed by atoms with Gasteiger partial charge in [-0.05, 0) is 31.9 Å². The van der Waals surface area contributed by atoms with Gasteiger partial charge in [-0.2, -0.15) is 0 Å². The van der Waals surface area contributed by atoms with Crippen LogP contribution in [0.2, 0.25) is 10.0 Å². The third-order valence-electron chi connectivity index (χ3n) is 3.81. The summed E-state index contributed by atoms with van der Waals surface area (Å²) in [7, 11) is 0. The summed E-state index contributed by atoms with van der Waals surface area (Å²) in [6.07, 6.45) is 2.53. The molecule has 1 aliphatic carbocycles. The van der Waals surface area contributed by atoms with Crippen LogP contribution in [0, 0.1) is 5.82 Å². The number of imide groups is 1. The summed E-state index contributed by atoms with van der Waals surface area (Å²) in [5, 5.41) is 4.43. The maximum atomic E-state index is 13.5. The lowest BCUT2D eigenvalue weighted by Crippen LogP contribution is -2.47. The molecule has 1 saturated carbocycles. The van der Waals surface area contributed by atoms with Crippen LogP contribution in [-0.4, -0.2) is 30.1 Å². The Morgan fingerprint density at radius 1 is 1.20 bits per heavy atom. The first kappa shape index (κ1) is 19.5. The topological polar surface area (TPSA) is 84.5 Å². The van der Waals surface area contributed by atoms with Crippen LogP contribution in [0.25, 0.3) is 0 Å². The van der Waals surface area contributed by atoms with E-state index >= 15 is 0 Å². The molecule has 1 atom stereocenters. The van der Waals surface area contributed by atoms with Crippen molar-refractivity contribution in [1.82, 2.24) is 10.6 Å². The summed E-state index contributed by atoms with van der Waals surface area (Å²) in [4.78, 5) is 35.7. The van der Waals surface area contributed by atoms with Gasteiger partial charge in [0.05, 0.1) is 15.6 Å². The highest BCUT2D eigenvalue weighted by molar-refractivity contribution is 6.36. The van der Waals surface area contributed by atoms with Crippen LogP contribution >= 0.6 is 23.2 Å². The molecule has 0 aromatic heterocycles. The van der Waals surface area contributed by atoms with E-state index in [1.165, 1.54) is 6.92 Å². The van der Waals surface area contributed by atoms with Gasteiger partial charge in [0.2, 0.25) is 0 Å². The molecule has 136 valence electrons. The minimum atomic E-state index is -1.27. The molecule has 0 spiro atoms. The Balaban J connectivity index is 1.90. The Morgan fingerprint density at radius 3 is 2.48 bits per heavy atom. The Kier molecular flexibility index (Phi) is 6.61. The van der Waals surface area contributed by atoms with Crippen LogP contribution in [-0.2, 0) is 9.53 Å². The van der Waals surface area contributed by atoms with Gasteiger partial charge in [-0.1, -0.05) is 36.0 Å². The first-order chi connectivity index (χ1) is 11.8. The lowest BCUT2D eigenvalue weighted by atomic mass is 10.2. The standard InChI is InChI=1S/C16H17Cl2FN2O4/c1-8(14(22)21-16(24)20-9-4-2-3-5-9)25-15(23)10-6-13(19)12(18)7-11(10)17/h6-9H,2-5H2,1H3,(H2,20,21,22,24)/t8-/m0/s1. The highest BCUT2D eigenvalue weighted by Gasteiger charge is 2.24. The van der Waals surface area contributed by atoms with E-state index in [2.05, 4.69) is 10.6 Å². The summed E-state index contributed by atoms with van der Waals surface area (Å²) >= 11 is 11.4. The van der Waals surface area contributed by atoms with E-state index in [0.717, 1.165) is 37.8 Å². The van der Waals surface area contributed by atoms with Crippen molar-refractivity contribution in [2.75, 3.05) is 0 Å². The van der Waals surface area contributed by atoms with E-state index in [1.807, 2.05) is 0 Å². The SMILES string of the molecule is C[C@H](OC(=O)c1cc(F)c(Cl)cc1Cl)C(=O)NC(=O)NC1CCCC1. The van der Waals surface area contributed by atoms with Gasteiger partial charge >= 0.3 is 12.0 Å². The predicted octanol–water partition coefficient (Wildman–Crippen LogP) is 3.45. The quantitative estimate of drug-likeness (QED) is 0.608. The number of halogens is 3. The molecule has 6 nitrogen and oxygen atoms in total. The molecule has 0 unspecified atom stereocenters. The molecule has 2 rings (SSSR count). The number of rotatable bonds is 4. The minimum absolute atomic E-state index is 0.0431. The average molecular weight is 391 g/mol. The van der Waals surface area contributed by atoms with Crippen LogP contribution in [0.5, 0.6) is 0 Å². The molecule has 0 bridgehead atoms. The number of hydrogen-bond acceptors (Lipinski definition) is 4. The van der Waals surface area contributed by atoms with Crippen LogP contribution in [0.3, 0.4) is 0 Å². The fourth-order valence-corrected chi connectivity index (χ4v) is 2.92. The van der Waals surface area contributed by atoms with E-state index in [0.29, 0.717) is 0 Å². The summed E-state index contributed by atoms with van der Waals surface area (Å²) < 4.78 is 18.4. The van der Waals surface area contributed by atoms with Crippen LogP contribution in [0.4, 0.5) is 9.18 Å². The molecule has 1 aromatic rings. The van der Waals surface area contributed by atoms with Crippen molar-refractivity contribution in [3.63, 3.8) is 0 Å². The molecule has 2 N–H and O–H groups in total. The summed E-state index contributed by atoms with van der Waals surface area (Å²) in [6.45, 7) is 1.29. The summed E-state index contributed by atoms with van der Waals surface area (Å²) in [6, 6.07) is 1.29. The molecular formula is C16H17Cl2FN2O4. The zero-order valence-corrected chi connectivity index (χ0v) is 14.9. The third-order valence-corrected chi connectivity index (χ3v) is 4.41. The molecule has 1 fully saturated rings. The zero-order valence-electron chi connectivity index (χ0n) is 13.4. The van der Waals surface area contributed by atoms with Crippen molar-refractivity contribution in [3.05, 3.63) is 33.6 Å². The van der Waals surface area contributed by atoms with Crippen molar-refractivity contribution < 1.29 is 23.5 Å². The first-order valence-electron chi connectivity index (χ1n) is 7.75. The van der Waals surface area contributed by atoms with Gasteiger partial charge in [0, 0.05) is 6.04 Å². The molecule has 0 aliphatic heterocycles. The van der Waals surface area contributed by atoms with Gasteiger partial charge in [-0.15, -0.1) is 0 Å². The number of ether oxygens (including phenoxy) is 1. The van der Waals surface area contributed by atoms with Crippen molar-refractivity contribution in [3.8, 4) is 0 Å². The van der Waals surface area contributed by atoms with Crippen molar-refractivity contribution in [2.45, 2.75) is 44.8 Å². The number of esters is 1. The van der Waals surface area contributed by atoms with E-state index in [9.17, 15) is 18.8 Å². The van der Waals surface area contributed by atoms with Crippen LogP contribution in [0.15, 0.2) is 12.1 Å². The van der Waals surface area contributed by atoms with E-state index in [1.54, 1.807) is 0 Å². The fourth-order valence-electron chi connectivity index (χ4n) is 2.46. The number of benzene rings is 1. The molecule has 3 amide bonds. The largest absolute Gasteiger partial charge is 0.449 e. The van der Waals surface area contributed by atoms with E-state index in [4.69, 9.17) is 27.9 Å². The Morgan fingerprint density at radius 2 is 1.84 bits per heavy atom. The Hall–Kier alpha value is -1.86. The molecule has 25 heavy (non-hydrogen) atoms. The number of carbonyl (C=O) groups is 3. The summed E-state index contributed by atoms with van der Waals surface area (Å²) in [5.41, 5.74) is -0.265. The molecular weight excluding hydrogens is 374 g/mol. The monoisotopic (exact) mass is 390 g/mol. The van der Waals surface area contributed by atoms with Gasteiger partial charge in [-0.25, -0.2) is 14.0 Å². The second-order valence-corrected chi connectivity index (χ2v) is 6.55. The highest BCUT2D eigenvalue weighted by Crippen LogP contribution is 2.25. The maximum Gasteiger partial charge on any atom is 0.340 e. The zero-order chi connectivity index (χ0) is 18.6. The fraction of sp³-hybridized carbons (Fsp3) is 0.438. The van der Waals surface area contributed by atoms with Gasteiger partial charge in [0.1, 0.15) is 5.82 Å². The molecule has 1 aliphatic rings. The molecule has 0 radical (unpaired) electrons. The van der Waals surface area contributed by atoms with Crippen molar-refractivity contribution >= 4 is 41.1 Å². The second kappa shape index (κ2) is 8.49. The number of hydrogen-bond donors (Lipinski definition) is 2. The lowest BCUT2D eigenvalue weighted by Gasteiger charge is -2.16. The first-order valence-corrected chi connectivity index (χ1v) is 8.50. The third kappa shape index (κ3) is 5.31. The second-order valence-electron chi connectivity index (χ2n) is 5.74. The molecule has 0 saturated heterocycles. The van der Waals surface area contributed by atoms with E-state index in [-0.39, 0.29) is 21.7 Å². The number of carbonyl (C=O) groups excluding carboxylic acids is 3. The molecule has 0 heterocycles. The molecule has 9 heteroatoms. The maximum absolute atomic E-state index is 13.5. The Bertz CT molecular complexity index is 693. The predicted molar refractivity (Wildman–Crippen MR) is 90.2 cm³/mol. The minimum Gasteiger partial charge on any atom is -0.449 e. The van der Waals surface area contributed by atoms with Gasteiger partial charge in [-0.3, -0.25) is 10.1 Å². The van der Waals surface area contributed by atoms with Gasteiger partial charge in [0.15, 0.2) is 6.10 Å². The van der Waals surface area contributed by atoms with Crippen LogP contribution in [0.1, 0.15) is 43.0 Å². The van der Waals surface area contributed by atoms with Gasteiger partial charge < -0.3 is 10.1 Å². The van der Waals surface area contributed by atoms with Crippen molar-refractivity contribution in [2.24, 2.45) is 0 Å². The number of urea groups is 1. The van der Waals surface area contributed by atoms with Gasteiger partial charge in [0.25, 0.3) is 5.91 Å². The molecule has 1 aromatic carbocycles. The van der Waals surface area contributed by atoms with E-state index < -0.39 is 29.8 Å². The van der Waals surface area contributed by atoms with Crippen LogP contribution < -0.4 is 10.6 Å². The highest BCUT2D eigenvalue weighted by atomic mass is 35.5. The summed E-state index contributed by atoms with van der Waals surface area (Å²) in [5.74, 6) is -2.64. The number of nitrogens with one attached hydrogen (secondary N) is 2. The average Bonchev–Trinajstić information content (AvgIpc) is 3.03. The normalized spacial score (nSPS) is 15.5. The number of amides is 3. The lowest BCUT2D eigenvalue weighted by molar-refractivity contribution is -0.127.